The molecule has 1 saturated carbocycles. The van der Waals surface area contributed by atoms with Crippen molar-refractivity contribution < 1.29 is 4.79 Å². The SMILES string of the molecule is NC(=O)C(C(=S)NC1CCCCC1)c1ccccn1. The van der Waals surface area contributed by atoms with Crippen LogP contribution in [0.3, 0.4) is 0 Å². The van der Waals surface area contributed by atoms with Crippen molar-refractivity contribution in [3.8, 4) is 0 Å². The zero-order chi connectivity index (χ0) is 13.7. The van der Waals surface area contributed by atoms with Gasteiger partial charge in [-0.15, -0.1) is 0 Å². The first-order valence-electron chi connectivity index (χ1n) is 6.69. The molecule has 1 amide bonds. The number of carbonyl (C=O) groups is 1. The van der Waals surface area contributed by atoms with Crippen molar-refractivity contribution >= 4 is 23.1 Å². The van der Waals surface area contributed by atoms with Gasteiger partial charge in [0.25, 0.3) is 0 Å². The van der Waals surface area contributed by atoms with E-state index in [0.29, 0.717) is 16.7 Å². The molecule has 1 atom stereocenters. The van der Waals surface area contributed by atoms with E-state index < -0.39 is 11.8 Å². The number of thiocarbonyl (C=S) groups is 1. The largest absolute Gasteiger partial charge is 0.376 e. The molecule has 1 unspecified atom stereocenters. The lowest BCUT2D eigenvalue weighted by molar-refractivity contribution is -0.118. The third kappa shape index (κ3) is 3.73. The van der Waals surface area contributed by atoms with Crippen LogP contribution < -0.4 is 11.1 Å². The highest BCUT2D eigenvalue weighted by Gasteiger charge is 2.26. The molecular weight excluding hydrogens is 258 g/mol. The monoisotopic (exact) mass is 277 g/mol. The van der Waals surface area contributed by atoms with Gasteiger partial charge in [0.2, 0.25) is 5.91 Å². The van der Waals surface area contributed by atoms with Crippen molar-refractivity contribution in [2.45, 2.75) is 44.1 Å². The number of nitrogens with one attached hydrogen (secondary N) is 1. The van der Waals surface area contributed by atoms with Crippen LogP contribution in [0.15, 0.2) is 24.4 Å². The Balaban J connectivity index is 2.06. The molecule has 1 aromatic heterocycles. The van der Waals surface area contributed by atoms with Crippen LogP contribution in [0.2, 0.25) is 0 Å². The lowest BCUT2D eigenvalue weighted by atomic mass is 9.94. The van der Waals surface area contributed by atoms with Crippen molar-refractivity contribution in [3.63, 3.8) is 0 Å². The minimum Gasteiger partial charge on any atom is -0.376 e. The van der Waals surface area contributed by atoms with Crippen LogP contribution >= 0.6 is 12.2 Å². The van der Waals surface area contributed by atoms with Gasteiger partial charge in [0.15, 0.2) is 0 Å². The Kier molecular flexibility index (Phi) is 4.85. The molecule has 19 heavy (non-hydrogen) atoms. The number of hydrogen-bond acceptors (Lipinski definition) is 3. The maximum atomic E-state index is 11.6. The summed E-state index contributed by atoms with van der Waals surface area (Å²) in [4.78, 5) is 16.3. The summed E-state index contributed by atoms with van der Waals surface area (Å²) in [6.07, 6.45) is 7.57. The Bertz CT molecular complexity index is 443. The summed E-state index contributed by atoms with van der Waals surface area (Å²) in [6.45, 7) is 0. The molecule has 0 aliphatic heterocycles. The van der Waals surface area contributed by atoms with Crippen LogP contribution in [-0.4, -0.2) is 21.9 Å². The molecular formula is C14H19N3OS. The molecule has 1 aliphatic rings. The van der Waals surface area contributed by atoms with Crippen LogP contribution in [0.5, 0.6) is 0 Å². The smallest absolute Gasteiger partial charge is 0.233 e. The maximum Gasteiger partial charge on any atom is 0.233 e. The summed E-state index contributed by atoms with van der Waals surface area (Å²) in [7, 11) is 0. The molecule has 102 valence electrons. The molecule has 1 aliphatic carbocycles. The van der Waals surface area contributed by atoms with E-state index in [-0.39, 0.29) is 0 Å². The van der Waals surface area contributed by atoms with Crippen molar-refractivity contribution in [2.24, 2.45) is 5.73 Å². The topological polar surface area (TPSA) is 68.0 Å². The Morgan fingerprint density at radius 3 is 2.68 bits per heavy atom. The highest BCUT2D eigenvalue weighted by molar-refractivity contribution is 7.80. The van der Waals surface area contributed by atoms with E-state index in [1.165, 1.54) is 19.3 Å². The summed E-state index contributed by atoms with van der Waals surface area (Å²) in [5.41, 5.74) is 6.08. The third-order valence-electron chi connectivity index (χ3n) is 3.48. The molecule has 0 aromatic carbocycles. The van der Waals surface area contributed by atoms with Crippen molar-refractivity contribution in [2.75, 3.05) is 0 Å². The Labute approximate surface area is 118 Å². The molecule has 1 heterocycles. The van der Waals surface area contributed by atoms with Gasteiger partial charge in [0, 0.05) is 12.2 Å². The normalized spacial score (nSPS) is 17.7. The van der Waals surface area contributed by atoms with Crippen molar-refractivity contribution in [3.05, 3.63) is 30.1 Å². The first-order valence-corrected chi connectivity index (χ1v) is 7.10. The predicted molar refractivity (Wildman–Crippen MR) is 78.8 cm³/mol. The fraction of sp³-hybridized carbons (Fsp3) is 0.500. The van der Waals surface area contributed by atoms with E-state index >= 15 is 0 Å². The fourth-order valence-corrected chi connectivity index (χ4v) is 2.89. The van der Waals surface area contributed by atoms with Crippen molar-refractivity contribution in [1.29, 1.82) is 0 Å². The van der Waals surface area contributed by atoms with Gasteiger partial charge in [0.05, 0.1) is 10.7 Å². The lowest BCUT2D eigenvalue weighted by Crippen LogP contribution is -2.42. The van der Waals surface area contributed by atoms with Crippen molar-refractivity contribution in [1.82, 2.24) is 10.3 Å². The Morgan fingerprint density at radius 2 is 2.11 bits per heavy atom. The molecule has 0 radical (unpaired) electrons. The number of amides is 1. The quantitative estimate of drug-likeness (QED) is 0.825. The number of primary amides is 1. The molecule has 5 heteroatoms. The fourth-order valence-electron chi connectivity index (χ4n) is 2.49. The summed E-state index contributed by atoms with van der Waals surface area (Å²) in [6, 6.07) is 5.79. The third-order valence-corrected chi connectivity index (χ3v) is 3.84. The molecule has 2 rings (SSSR count). The first-order chi connectivity index (χ1) is 9.18. The van der Waals surface area contributed by atoms with Crippen LogP contribution in [0.4, 0.5) is 0 Å². The van der Waals surface area contributed by atoms with E-state index in [4.69, 9.17) is 18.0 Å². The molecule has 3 N–H and O–H groups in total. The molecule has 0 saturated heterocycles. The second-order valence-electron chi connectivity index (χ2n) is 4.93. The minimum absolute atomic E-state index is 0.367. The zero-order valence-electron chi connectivity index (χ0n) is 10.8. The van der Waals surface area contributed by atoms with E-state index in [9.17, 15) is 4.79 Å². The second kappa shape index (κ2) is 6.61. The Morgan fingerprint density at radius 1 is 1.37 bits per heavy atom. The highest BCUT2D eigenvalue weighted by atomic mass is 32.1. The average molecular weight is 277 g/mol. The predicted octanol–water partition coefficient (Wildman–Crippen LogP) is 1.90. The highest BCUT2D eigenvalue weighted by Crippen LogP contribution is 2.20. The molecule has 4 nitrogen and oxygen atoms in total. The van der Waals surface area contributed by atoms with Gasteiger partial charge >= 0.3 is 0 Å². The number of pyridine rings is 1. The lowest BCUT2D eigenvalue weighted by Gasteiger charge is -2.26. The van der Waals surface area contributed by atoms with Gasteiger partial charge in [-0.25, -0.2) is 0 Å². The molecule has 0 bridgehead atoms. The van der Waals surface area contributed by atoms with Crippen LogP contribution in [0.1, 0.15) is 43.7 Å². The van der Waals surface area contributed by atoms with Crippen LogP contribution in [0, 0.1) is 0 Å². The zero-order valence-corrected chi connectivity index (χ0v) is 11.7. The Hall–Kier alpha value is -1.49. The first kappa shape index (κ1) is 13.9. The van der Waals surface area contributed by atoms with Gasteiger partial charge < -0.3 is 11.1 Å². The number of hydrogen-bond donors (Lipinski definition) is 2. The van der Waals surface area contributed by atoms with Gasteiger partial charge in [-0.3, -0.25) is 9.78 Å². The number of nitrogens with zero attached hydrogens (tertiary/aromatic N) is 1. The maximum absolute atomic E-state index is 11.6. The molecule has 0 spiro atoms. The van der Waals surface area contributed by atoms with Gasteiger partial charge in [0.1, 0.15) is 5.92 Å². The van der Waals surface area contributed by atoms with Crippen LogP contribution in [0.25, 0.3) is 0 Å². The van der Waals surface area contributed by atoms with E-state index in [1.54, 1.807) is 18.3 Å². The number of nitrogens with two attached hydrogens (primary N) is 1. The van der Waals surface area contributed by atoms with Gasteiger partial charge in [-0.2, -0.15) is 0 Å². The standard InChI is InChI=1S/C14H19N3OS/c15-13(18)12(11-8-4-5-9-16-11)14(19)17-10-6-2-1-3-7-10/h4-5,8-10,12H,1-3,6-7H2,(H2,15,18)(H,17,19). The van der Waals surface area contributed by atoms with Crippen LogP contribution in [-0.2, 0) is 4.79 Å². The number of carbonyl (C=O) groups excluding carboxylic acids is 1. The summed E-state index contributed by atoms with van der Waals surface area (Å²) in [5, 5.41) is 3.29. The summed E-state index contributed by atoms with van der Waals surface area (Å²) >= 11 is 5.36. The molecule has 1 fully saturated rings. The summed E-state index contributed by atoms with van der Waals surface area (Å²) in [5.74, 6) is -1.08. The minimum atomic E-state index is -0.627. The number of aromatic nitrogens is 1. The van der Waals surface area contributed by atoms with Gasteiger partial charge in [-0.1, -0.05) is 37.5 Å². The average Bonchev–Trinajstić information content (AvgIpc) is 2.40. The summed E-state index contributed by atoms with van der Waals surface area (Å²) < 4.78 is 0. The van der Waals surface area contributed by atoms with Gasteiger partial charge in [-0.05, 0) is 25.0 Å². The van der Waals surface area contributed by atoms with E-state index in [2.05, 4.69) is 10.3 Å². The van der Waals surface area contributed by atoms with E-state index in [1.807, 2.05) is 6.07 Å². The number of rotatable bonds is 4. The molecule has 1 aromatic rings. The second-order valence-corrected chi connectivity index (χ2v) is 5.37. The van der Waals surface area contributed by atoms with E-state index in [0.717, 1.165) is 12.8 Å².